The molecular formula is C20H9F11N2O2. The fourth-order valence-corrected chi connectivity index (χ4v) is 2.83. The highest BCUT2D eigenvalue weighted by Crippen LogP contribution is 2.52. The number of nitrogen functional groups attached to an aromatic ring is 2. The van der Waals surface area contributed by atoms with Crippen LogP contribution in [0.3, 0.4) is 0 Å². The van der Waals surface area contributed by atoms with Crippen LogP contribution in [-0.2, 0) is 12.4 Å². The summed E-state index contributed by atoms with van der Waals surface area (Å²) in [5.41, 5.74) is 3.13. The minimum absolute atomic E-state index is 0.0723. The van der Waals surface area contributed by atoms with Gasteiger partial charge in [-0.15, -0.1) is 0 Å². The third-order valence-corrected chi connectivity index (χ3v) is 4.26. The Balaban J connectivity index is 2.37. The molecular weight excluding hydrogens is 509 g/mol. The van der Waals surface area contributed by atoms with Crippen molar-refractivity contribution in [3.63, 3.8) is 0 Å². The third kappa shape index (κ3) is 5.12. The van der Waals surface area contributed by atoms with Crippen LogP contribution in [0.1, 0.15) is 11.1 Å². The molecule has 0 heterocycles. The highest BCUT2D eigenvalue weighted by molar-refractivity contribution is 5.58. The van der Waals surface area contributed by atoms with E-state index in [9.17, 15) is 48.3 Å². The summed E-state index contributed by atoms with van der Waals surface area (Å²) in [7, 11) is 0. The van der Waals surface area contributed by atoms with Crippen LogP contribution in [0.4, 0.5) is 59.7 Å². The molecule has 4 nitrogen and oxygen atoms in total. The molecule has 4 N–H and O–H groups in total. The average Bonchev–Trinajstić information content (AvgIpc) is 2.69. The second kappa shape index (κ2) is 8.70. The topological polar surface area (TPSA) is 70.5 Å². The van der Waals surface area contributed by atoms with Gasteiger partial charge in [0.15, 0.2) is 40.4 Å². The lowest BCUT2D eigenvalue weighted by molar-refractivity contribution is -0.146. The van der Waals surface area contributed by atoms with Gasteiger partial charge in [0, 0.05) is 24.3 Å². The summed E-state index contributed by atoms with van der Waals surface area (Å²) >= 11 is 0. The van der Waals surface area contributed by atoms with Crippen LogP contribution in [-0.4, -0.2) is 0 Å². The number of hydrogen-bond acceptors (Lipinski definition) is 4. The molecule has 0 atom stereocenters. The Bertz CT molecular complexity index is 1300. The number of hydrogen-bond donors (Lipinski definition) is 2. The SMILES string of the molecule is Nc1cc(F)cc(Oc2c(F)cc(C(F)(F)F)c(Oc3cc(F)cc(N)c3F)c2C(F)(F)F)c1F. The Morgan fingerprint density at radius 2 is 1.00 bits per heavy atom. The second-order valence-electron chi connectivity index (χ2n) is 6.75. The zero-order valence-corrected chi connectivity index (χ0v) is 16.5. The molecule has 0 aromatic heterocycles. The average molecular weight is 518 g/mol. The fourth-order valence-electron chi connectivity index (χ4n) is 2.83. The van der Waals surface area contributed by atoms with Gasteiger partial charge in [-0.05, 0) is 6.07 Å². The maximum atomic E-state index is 14.5. The maximum absolute atomic E-state index is 14.5. The Hall–Kier alpha value is -3.91. The van der Waals surface area contributed by atoms with E-state index in [0.29, 0.717) is 12.1 Å². The van der Waals surface area contributed by atoms with Gasteiger partial charge in [0.05, 0.1) is 11.4 Å². The molecule has 0 aliphatic heterocycles. The van der Waals surface area contributed by atoms with Crippen molar-refractivity contribution >= 4 is 11.4 Å². The molecule has 0 amide bonds. The molecule has 0 aliphatic carbocycles. The van der Waals surface area contributed by atoms with Crippen LogP contribution < -0.4 is 20.9 Å². The zero-order valence-electron chi connectivity index (χ0n) is 16.5. The zero-order chi connectivity index (χ0) is 26.5. The van der Waals surface area contributed by atoms with Crippen molar-refractivity contribution in [3.8, 4) is 23.0 Å². The van der Waals surface area contributed by atoms with Gasteiger partial charge in [-0.2, -0.15) is 26.3 Å². The predicted octanol–water partition coefficient (Wildman–Crippen LogP) is 7.17. The quantitative estimate of drug-likeness (QED) is 0.284. The Labute approximate surface area is 187 Å². The van der Waals surface area contributed by atoms with E-state index < -0.39 is 93.0 Å². The van der Waals surface area contributed by atoms with E-state index in [0.717, 1.165) is 0 Å². The lowest BCUT2D eigenvalue weighted by atomic mass is 10.1. The van der Waals surface area contributed by atoms with E-state index >= 15 is 0 Å². The smallest absolute Gasteiger partial charge is 0.423 e. The van der Waals surface area contributed by atoms with Crippen LogP contribution in [0, 0.1) is 29.1 Å². The predicted molar refractivity (Wildman–Crippen MR) is 98.1 cm³/mol. The molecule has 0 bridgehead atoms. The van der Waals surface area contributed by atoms with E-state index in [1.165, 1.54) is 0 Å². The number of alkyl halides is 6. The highest BCUT2D eigenvalue weighted by atomic mass is 19.4. The maximum Gasteiger partial charge on any atom is 0.423 e. The van der Waals surface area contributed by atoms with Crippen molar-refractivity contribution in [2.45, 2.75) is 12.4 Å². The first-order chi connectivity index (χ1) is 16.0. The number of rotatable bonds is 4. The molecule has 0 radical (unpaired) electrons. The third-order valence-electron chi connectivity index (χ3n) is 4.26. The first-order valence-corrected chi connectivity index (χ1v) is 8.86. The minimum Gasteiger partial charge on any atom is -0.453 e. The summed E-state index contributed by atoms with van der Waals surface area (Å²) in [6.07, 6.45) is -11.7. The molecule has 0 aliphatic rings. The van der Waals surface area contributed by atoms with Crippen LogP contribution in [0.5, 0.6) is 23.0 Å². The highest BCUT2D eigenvalue weighted by Gasteiger charge is 2.47. The standard InChI is InChI=1S/C20H9F11N2O2/c21-6-1-10(32)15(24)12(3-6)34-17-8(19(26,27)28)5-9(23)18(14(17)20(29,30)31)35-13-4-7(22)2-11(33)16(13)25/h1-5H,32-33H2. The molecule has 15 heteroatoms. The Morgan fingerprint density at radius 3 is 1.40 bits per heavy atom. The number of nitrogens with two attached hydrogens (primary N) is 2. The van der Waals surface area contributed by atoms with Gasteiger partial charge >= 0.3 is 12.4 Å². The molecule has 0 saturated carbocycles. The minimum atomic E-state index is -5.93. The van der Waals surface area contributed by atoms with Crippen LogP contribution in [0.2, 0.25) is 0 Å². The van der Waals surface area contributed by atoms with Crippen molar-refractivity contribution in [2.24, 2.45) is 0 Å². The lowest BCUT2D eigenvalue weighted by Gasteiger charge is -2.23. The summed E-state index contributed by atoms with van der Waals surface area (Å²) in [6, 6.07) is 0.426. The van der Waals surface area contributed by atoms with Gasteiger partial charge in [0.25, 0.3) is 0 Å². The van der Waals surface area contributed by atoms with Gasteiger partial charge in [0.2, 0.25) is 0 Å². The summed E-state index contributed by atoms with van der Waals surface area (Å²) in [4.78, 5) is 0. The molecule has 188 valence electrons. The van der Waals surface area contributed by atoms with E-state index in [2.05, 4.69) is 9.47 Å². The number of halogens is 11. The first kappa shape index (κ1) is 25.7. The molecule has 0 saturated heterocycles. The van der Waals surface area contributed by atoms with Gasteiger partial charge in [-0.25, -0.2) is 22.0 Å². The number of anilines is 2. The van der Waals surface area contributed by atoms with Crippen molar-refractivity contribution in [1.29, 1.82) is 0 Å². The molecule has 0 spiro atoms. The molecule has 35 heavy (non-hydrogen) atoms. The van der Waals surface area contributed by atoms with Crippen molar-refractivity contribution in [1.82, 2.24) is 0 Å². The largest absolute Gasteiger partial charge is 0.453 e. The van der Waals surface area contributed by atoms with E-state index in [-0.39, 0.29) is 12.1 Å². The molecule has 0 fully saturated rings. The normalized spacial score (nSPS) is 12.1. The summed E-state index contributed by atoms with van der Waals surface area (Å²) in [5, 5.41) is 0. The van der Waals surface area contributed by atoms with Gasteiger partial charge in [-0.3, -0.25) is 0 Å². The molecule has 3 aromatic carbocycles. The number of ether oxygens (including phenoxy) is 2. The molecule has 0 unspecified atom stereocenters. The second-order valence-corrected chi connectivity index (χ2v) is 6.75. The number of benzene rings is 3. The molecule has 3 rings (SSSR count). The van der Waals surface area contributed by atoms with Gasteiger partial charge < -0.3 is 20.9 Å². The van der Waals surface area contributed by atoms with Crippen molar-refractivity contribution in [3.05, 3.63) is 70.5 Å². The first-order valence-electron chi connectivity index (χ1n) is 8.86. The Morgan fingerprint density at radius 1 is 0.571 bits per heavy atom. The lowest BCUT2D eigenvalue weighted by Crippen LogP contribution is -2.17. The monoisotopic (exact) mass is 518 g/mol. The van der Waals surface area contributed by atoms with E-state index in [1.807, 2.05) is 0 Å². The van der Waals surface area contributed by atoms with Gasteiger partial charge in [0.1, 0.15) is 22.8 Å². The van der Waals surface area contributed by atoms with Gasteiger partial charge in [-0.1, -0.05) is 0 Å². The van der Waals surface area contributed by atoms with Crippen molar-refractivity contribution in [2.75, 3.05) is 11.5 Å². The van der Waals surface area contributed by atoms with Crippen LogP contribution in [0.25, 0.3) is 0 Å². The van der Waals surface area contributed by atoms with Crippen molar-refractivity contribution < 1.29 is 57.8 Å². The van der Waals surface area contributed by atoms with Crippen LogP contribution in [0.15, 0.2) is 30.3 Å². The summed E-state index contributed by atoms with van der Waals surface area (Å²) in [6.45, 7) is 0. The summed E-state index contributed by atoms with van der Waals surface area (Å²) in [5.74, 6) is -15.9. The van der Waals surface area contributed by atoms with Crippen LogP contribution >= 0.6 is 0 Å². The fraction of sp³-hybridized carbons (Fsp3) is 0.100. The summed E-state index contributed by atoms with van der Waals surface area (Å²) < 4.78 is 161. The van der Waals surface area contributed by atoms with E-state index in [1.54, 1.807) is 0 Å². The Kier molecular flexibility index (Phi) is 6.39. The molecule has 3 aromatic rings. The van der Waals surface area contributed by atoms with E-state index in [4.69, 9.17) is 11.5 Å².